The van der Waals surface area contributed by atoms with Crippen molar-refractivity contribution in [2.45, 2.75) is 49.8 Å². The number of hydrogen-bond acceptors (Lipinski definition) is 5. The summed E-state index contributed by atoms with van der Waals surface area (Å²) in [5, 5.41) is 0. The van der Waals surface area contributed by atoms with Crippen molar-refractivity contribution in [3.8, 4) is 5.75 Å². The van der Waals surface area contributed by atoms with E-state index in [0.29, 0.717) is 18.9 Å². The second kappa shape index (κ2) is 7.75. The van der Waals surface area contributed by atoms with Gasteiger partial charge in [-0.25, -0.2) is 13.1 Å². The molecule has 2 aliphatic rings. The monoisotopic (exact) mass is 380 g/mol. The molecule has 0 radical (unpaired) electrons. The average Bonchev–Trinajstić information content (AvgIpc) is 3.13. The highest BCUT2D eigenvalue weighted by molar-refractivity contribution is 7.89. The fraction of sp³-hybridized carbons (Fsp3) is 0.556. The van der Waals surface area contributed by atoms with Crippen LogP contribution in [0, 0.1) is 5.92 Å². The highest BCUT2D eigenvalue weighted by Crippen LogP contribution is 2.31. The SMILES string of the molecule is COc1ccc(N2C(=O)CCCC2=O)cc1S(=O)(=O)NCC1CCCC1. The maximum Gasteiger partial charge on any atom is 0.244 e. The summed E-state index contributed by atoms with van der Waals surface area (Å²) in [7, 11) is -2.42. The van der Waals surface area contributed by atoms with Gasteiger partial charge < -0.3 is 4.74 Å². The topological polar surface area (TPSA) is 92.8 Å². The summed E-state index contributed by atoms with van der Waals surface area (Å²) in [6.45, 7) is 0.386. The van der Waals surface area contributed by atoms with Crippen LogP contribution in [0.3, 0.4) is 0 Å². The Kier molecular flexibility index (Phi) is 5.62. The third-order valence-corrected chi connectivity index (χ3v) is 6.46. The smallest absolute Gasteiger partial charge is 0.244 e. The number of imide groups is 1. The van der Waals surface area contributed by atoms with E-state index in [2.05, 4.69) is 4.72 Å². The summed E-state index contributed by atoms with van der Waals surface area (Å²) in [5.41, 5.74) is 0.266. The average molecular weight is 380 g/mol. The van der Waals surface area contributed by atoms with E-state index in [1.807, 2.05) is 0 Å². The number of hydrogen-bond donors (Lipinski definition) is 1. The lowest BCUT2D eigenvalue weighted by Crippen LogP contribution is -2.40. The molecular formula is C18H24N2O5S. The lowest BCUT2D eigenvalue weighted by atomic mass is 10.1. The molecule has 2 amide bonds. The number of carbonyl (C=O) groups excluding carboxylic acids is 2. The number of methoxy groups -OCH3 is 1. The van der Waals surface area contributed by atoms with Gasteiger partial charge in [-0.15, -0.1) is 0 Å². The summed E-state index contributed by atoms with van der Waals surface area (Å²) in [4.78, 5) is 25.3. The Morgan fingerprint density at radius 1 is 1.12 bits per heavy atom. The van der Waals surface area contributed by atoms with Crippen LogP contribution in [0.15, 0.2) is 23.1 Å². The van der Waals surface area contributed by atoms with E-state index in [0.717, 1.165) is 30.6 Å². The molecule has 26 heavy (non-hydrogen) atoms. The zero-order valence-corrected chi connectivity index (χ0v) is 15.7. The van der Waals surface area contributed by atoms with E-state index in [9.17, 15) is 18.0 Å². The zero-order valence-electron chi connectivity index (χ0n) is 14.9. The van der Waals surface area contributed by atoms with Gasteiger partial charge in [-0.2, -0.15) is 0 Å². The van der Waals surface area contributed by atoms with Crippen molar-refractivity contribution in [1.29, 1.82) is 0 Å². The molecule has 7 nitrogen and oxygen atoms in total. The molecule has 1 aliphatic heterocycles. The van der Waals surface area contributed by atoms with Crippen molar-refractivity contribution in [2.24, 2.45) is 5.92 Å². The first-order valence-electron chi connectivity index (χ1n) is 8.96. The molecular weight excluding hydrogens is 356 g/mol. The third-order valence-electron chi connectivity index (χ3n) is 5.01. The second-order valence-electron chi connectivity index (χ2n) is 6.81. The first kappa shape index (κ1) is 18.8. The van der Waals surface area contributed by atoms with Gasteiger partial charge in [0.25, 0.3) is 0 Å². The molecule has 0 atom stereocenters. The minimum Gasteiger partial charge on any atom is -0.495 e. The molecule has 1 saturated heterocycles. The molecule has 8 heteroatoms. The van der Waals surface area contributed by atoms with E-state index in [1.54, 1.807) is 0 Å². The lowest BCUT2D eigenvalue weighted by Gasteiger charge is -2.25. The molecule has 0 bridgehead atoms. The Balaban J connectivity index is 1.89. The molecule has 3 rings (SSSR count). The van der Waals surface area contributed by atoms with E-state index in [1.165, 1.54) is 25.3 Å². The van der Waals surface area contributed by atoms with Crippen molar-refractivity contribution in [3.63, 3.8) is 0 Å². The number of anilines is 1. The predicted molar refractivity (Wildman–Crippen MR) is 96.5 cm³/mol. The second-order valence-corrected chi connectivity index (χ2v) is 8.55. The van der Waals surface area contributed by atoms with E-state index in [-0.39, 0.29) is 41.0 Å². The number of carbonyl (C=O) groups is 2. The van der Waals surface area contributed by atoms with Gasteiger partial charge in [-0.3, -0.25) is 14.5 Å². The normalized spacial score (nSPS) is 19.2. The number of nitrogens with zero attached hydrogens (tertiary/aromatic N) is 1. The third kappa shape index (κ3) is 3.91. The number of nitrogens with one attached hydrogen (secondary N) is 1. The molecule has 1 N–H and O–H groups in total. The summed E-state index contributed by atoms with van der Waals surface area (Å²) in [6, 6.07) is 4.36. The highest BCUT2D eigenvalue weighted by atomic mass is 32.2. The molecule has 0 unspecified atom stereocenters. The van der Waals surface area contributed by atoms with E-state index < -0.39 is 10.0 Å². The van der Waals surface area contributed by atoms with Gasteiger partial charge >= 0.3 is 0 Å². The van der Waals surface area contributed by atoms with Crippen LogP contribution < -0.4 is 14.4 Å². The minimum absolute atomic E-state index is 0.0540. The number of benzene rings is 1. The van der Waals surface area contributed by atoms with Gasteiger partial charge in [0.15, 0.2) is 0 Å². The van der Waals surface area contributed by atoms with Gasteiger partial charge in [-0.1, -0.05) is 12.8 Å². The standard InChI is InChI=1S/C18H24N2O5S/c1-25-15-10-9-14(20-17(21)7-4-8-18(20)22)11-16(15)26(23,24)19-12-13-5-2-3-6-13/h9-11,13,19H,2-8,12H2,1H3. The van der Waals surface area contributed by atoms with Crippen molar-refractivity contribution < 1.29 is 22.7 Å². The Hall–Kier alpha value is -1.93. The lowest BCUT2D eigenvalue weighted by molar-refractivity contribution is -0.129. The summed E-state index contributed by atoms with van der Waals surface area (Å²) in [6.07, 6.45) is 5.39. The van der Waals surface area contributed by atoms with Crippen molar-refractivity contribution >= 4 is 27.5 Å². The Morgan fingerprint density at radius 3 is 2.38 bits per heavy atom. The van der Waals surface area contributed by atoms with Crippen LogP contribution in [0.5, 0.6) is 5.75 Å². The van der Waals surface area contributed by atoms with Gasteiger partial charge in [0, 0.05) is 19.4 Å². The molecule has 1 aromatic carbocycles. The molecule has 2 fully saturated rings. The minimum atomic E-state index is -3.81. The number of ether oxygens (including phenoxy) is 1. The quantitative estimate of drug-likeness (QED) is 0.764. The number of rotatable bonds is 6. The van der Waals surface area contributed by atoms with Crippen molar-refractivity contribution in [2.75, 3.05) is 18.6 Å². The summed E-state index contributed by atoms with van der Waals surface area (Å²) < 4.78 is 33.4. The fourth-order valence-corrected chi connectivity index (χ4v) is 4.88. The van der Waals surface area contributed by atoms with Crippen LogP contribution in [0.25, 0.3) is 0 Å². The Bertz CT molecular complexity index is 784. The van der Waals surface area contributed by atoms with Gasteiger partial charge in [0.05, 0.1) is 12.8 Å². The van der Waals surface area contributed by atoms with Gasteiger partial charge in [0.1, 0.15) is 10.6 Å². The largest absolute Gasteiger partial charge is 0.495 e. The maximum absolute atomic E-state index is 12.8. The molecule has 1 aliphatic carbocycles. The highest BCUT2D eigenvalue weighted by Gasteiger charge is 2.30. The van der Waals surface area contributed by atoms with Crippen LogP contribution in [0.1, 0.15) is 44.9 Å². The molecule has 1 heterocycles. The van der Waals surface area contributed by atoms with Crippen LogP contribution in [-0.2, 0) is 19.6 Å². The van der Waals surface area contributed by atoms with Gasteiger partial charge in [-0.05, 0) is 43.4 Å². The zero-order chi connectivity index (χ0) is 18.7. The molecule has 0 spiro atoms. The van der Waals surface area contributed by atoms with Crippen LogP contribution >= 0.6 is 0 Å². The fourth-order valence-electron chi connectivity index (χ4n) is 3.58. The molecule has 0 aromatic heterocycles. The van der Waals surface area contributed by atoms with Crippen molar-refractivity contribution in [3.05, 3.63) is 18.2 Å². The number of sulfonamides is 1. The molecule has 1 saturated carbocycles. The first-order chi connectivity index (χ1) is 12.4. The first-order valence-corrected chi connectivity index (χ1v) is 10.4. The van der Waals surface area contributed by atoms with Crippen LogP contribution in [0.4, 0.5) is 5.69 Å². The molecule has 1 aromatic rings. The van der Waals surface area contributed by atoms with Crippen LogP contribution in [-0.4, -0.2) is 33.9 Å². The molecule has 142 valence electrons. The maximum atomic E-state index is 12.8. The van der Waals surface area contributed by atoms with Crippen molar-refractivity contribution in [1.82, 2.24) is 4.72 Å². The van der Waals surface area contributed by atoms with Crippen LogP contribution in [0.2, 0.25) is 0 Å². The van der Waals surface area contributed by atoms with E-state index in [4.69, 9.17) is 4.74 Å². The summed E-state index contributed by atoms with van der Waals surface area (Å²) >= 11 is 0. The number of piperidine rings is 1. The van der Waals surface area contributed by atoms with Gasteiger partial charge in [0.2, 0.25) is 21.8 Å². The Morgan fingerprint density at radius 2 is 1.77 bits per heavy atom. The number of amides is 2. The summed E-state index contributed by atoms with van der Waals surface area (Å²) in [5.74, 6) is -0.0869. The Labute approximate surface area is 153 Å². The van der Waals surface area contributed by atoms with E-state index >= 15 is 0 Å². The predicted octanol–water partition coefficient (Wildman–Crippen LogP) is 2.21.